The fraction of sp³-hybridized carbons (Fsp3) is 0.733. The molecule has 5 rings (SSSR count). The van der Waals surface area contributed by atoms with Crippen LogP contribution in [-0.4, -0.2) is 21.0 Å². The Morgan fingerprint density at radius 2 is 1.74 bits per heavy atom. The Kier molecular flexibility index (Phi) is 2.32. The zero-order chi connectivity index (χ0) is 13.1. The van der Waals surface area contributed by atoms with E-state index in [2.05, 4.69) is 9.97 Å². The first kappa shape index (κ1) is 11.5. The van der Waals surface area contributed by atoms with Gasteiger partial charge in [-0.1, -0.05) is 0 Å². The molecule has 4 saturated carbocycles. The van der Waals surface area contributed by atoms with Gasteiger partial charge in [0, 0.05) is 5.92 Å². The first-order valence-electron chi connectivity index (χ1n) is 7.41. The second-order valence-corrected chi connectivity index (χ2v) is 6.85. The molecule has 102 valence electrons. The van der Waals surface area contributed by atoms with E-state index in [4.69, 9.17) is 0 Å². The third kappa shape index (κ3) is 1.65. The van der Waals surface area contributed by atoms with E-state index in [1.807, 2.05) is 6.92 Å². The molecule has 0 atom stereocenters. The zero-order valence-corrected chi connectivity index (χ0v) is 11.2. The van der Waals surface area contributed by atoms with Crippen molar-refractivity contribution in [3.05, 3.63) is 17.2 Å². The Morgan fingerprint density at radius 1 is 1.16 bits per heavy atom. The van der Waals surface area contributed by atoms with Crippen molar-refractivity contribution in [2.24, 2.45) is 23.7 Å². The number of rotatable bonds is 2. The van der Waals surface area contributed by atoms with Crippen LogP contribution in [0.3, 0.4) is 0 Å². The number of aromatic amines is 1. The Bertz CT molecular complexity index is 506. The zero-order valence-electron chi connectivity index (χ0n) is 11.2. The minimum atomic E-state index is -0.881. The first-order chi connectivity index (χ1) is 9.11. The Morgan fingerprint density at radius 3 is 2.26 bits per heavy atom. The van der Waals surface area contributed by atoms with Crippen molar-refractivity contribution in [3.63, 3.8) is 0 Å². The molecule has 0 aliphatic heterocycles. The van der Waals surface area contributed by atoms with Crippen LogP contribution in [0.4, 0.5) is 0 Å². The molecule has 0 amide bonds. The number of H-pyrrole nitrogens is 1. The minimum Gasteiger partial charge on any atom is -0.476 e. The summed E-state index contributed by atoms with van der Waals surface area (Å²) < 4.78 is 0. The number of hydrogen-bond acceptors (Lipinski definition) is 2. The number of nitrogens with zero attached hydrogens (tertiary/aromatic N) is 1. The van der Waals surface area contributed by atoms with Crippen LogP contribution >= 0.6 is 0 Å². The van der Waals surface area contributed by atoms with E-state index in [0.717, 1.165) is 23.4 Å². The highest BCUT2D eigenvalue weighted by molar-refractivity contribution is 5.87. The highest BCUT2D eigenvalue weighted by atomic mass is 16.4. The van der Waals surface area contributed by atoms with E-state index < -0.39 is 5.97 Å². The molecule has 4 aliphatic rings. The summed E-state index contributed by atoms with van der Waals surface area (Å²) in [5.41, 5.74) is 1.19. The molecule has 0 saturated heterocycles. The van der Waals surface area contributed by atoms with Crippen molar-refractivity contribution in [2.45, 2.75) is 44.9 Å². The number of aryl methyl sites for hydroxylation is 1. The quantitative estimate of drug-likeness (QED) is 0.859. The topological polar surface area (TPSA) is 66.0 Å². The molecular weight excluding hydrogens is 240 g/mol. The van der Waals surface area contributed by atoms with Crippen LogP contribution in [0.5, 0.6) is 0 Å². The molecule has 0 radical (unpaired) electrons. The molecule has 4 bridgehead atoms. The maximum absolute atomic E-state index is 11.4. The predicted molar refractivity (Wildman–Crippen MR) is 70.1 cm³/mol. The van der Waals surface area contributed by atoms with Gasteiger partial charge >= 0.3 is 5.97 Å². The molecule has 2 N–H and O–H groups in total. The van der Waals surface area contributed by atoms with Gasteiger partial charge in [0.1, 0.15) is 5.82 Å². The van der Waals surface area contributed by atoms with Gasteiger partial charge in [0.05, 0.1) is 5.69 Å². The number of carboxylic acid groups (broad SMARTS) is 1. The van der Waals surface area contributed by atoms with Crippen molar-refractivity contribution < 1.29 is 9.90 Å². The van der Waals surface area contributed by atoms with Crippen molar-refractivity contribution in [1.82, 2.24) is 9.97 Å². The van der Waals surface area contributed by atoms with Crippen LogP contribution in [0.25, 0.3) is 0 Å². The molecule has 0 spiro atoms. The van der Waals surface area contributed by atoms with E-state index in [1.165, 1.54) is 32.1 Å². The molecular formula is C15H20N2O2. The second-order valence-electron chi connectivity index (χ2n) is 6.85. The van der Waals surface area contributed by atoms with Crippen LogP contribution in [0.2, 0.25) is 0 Å². The minimum absolute atomic E-state index is 0.273. The summed E-state index contributed by atoms with van der Waals surface area (Å²) in [4.78, 5) is 18.8. The summed E-state index contributed by atoms with van der Waals surface area (Å²) in [6.45, 7) is 1.85. The Labute approximate surface area is 112 Å². The van der Waals surface area contributed by atoms with Gasteiger partial charge < -0.3 is 10.1 Å². The van der Waals surface area contributed by atoms with Gasteiger partial charge in [-0.2, -0.15) is 0 Å². The number of hydrogen-bond donors (Lipinski definition) is 2. The van der Waals surface area contributed by atoms with E-state index >= 15 is 0 Å². The third-order valence-electron chi connectivity index (χ3n) is 5.61. The molecule has 4 nitrogen and oxygen atoms in total. The van der Waals surface area contributed by atoms with E-state index in [-0.39, 0.29) is 5.69 Å². The molecule has 4 fully saturated rings. The number of aromatic carboxylic acids is 1. The summed E-state index contributed by atoms with van der Waals surface area (Å²) in [6, 6.07) is 0. The monoisotopic (exact) mass is 260 g/mol. The van der Waals surface area contributed by atoms with Gasteiger partial charge in [0.15, 0.2) is 5.69 Å². The SMILES string of the molecule is Cc1nc(C(=O)O)c(C2C3CC4CC(C3)CC2C4)[nH]1. The van der Waals surface area contributed by atoms with Crippen molar-refractivity contribution in [1.29, 1.82) is 0 Å². The van der Waals surface area contributed by atoms with E-state index in [0.29, 0.717) is 17.8 Å². The molecule has 19 heavy (non-hydrogen) atoms. The van der Waals surface area contributed by atoms with Crippen LogP contribution in [0.15, 0.2) is 0 Å². The molecule has 1 aromatic rings. The number of nitrogens with one attached hydrogen (secondary N) is 1. The van der Waals surface area contributed by atoms with Crippen molar-refractivity contribution in [3.8, 4) is 0 Å². The van der Waals surface area contributed by atoms with Gasteiger partial charge in [-0.3, -0.25) is 0 Å². The standard InChI is InChI=1S/C15H20N2O2/c1-7-16-13(14(17-7)15(18)19)12-10-3-8-2-9(5-10)6-11(12)4-8/h8-12H,2-6H2,1H3,(H,16,17)(H,18,19). The summed E-state index contributed by atoms with van der Waals surface area (Å²) >= 11 is 0. The maximum atomic E-state index is 11.4. The largest absolute Gasteiger partial charge is 0.476 e. The van der Waals surface area contributed by atoms with Crippen molar-refractivity contribution in [2.75, 3.05) is 0 Å². The summed E-state index contributed by atoms with van der Waals surface area (Å²) in [5.74, 6) is 3.48. The van der Waals surface area contributed by atoms with Crippen LogP contribution in [0.1, 0.15) is 60.0 Å². The fourth-order valence-corrected chi connectivity index (χ4v) is 5.31. The van der Waals surface area contributed by atoms with E-state index in [9.17, 15) is 9.90 Å². The fourth-order valence-electron chi connectivity index (χ4n) is 5.31. The van der Waals surface area contributed by atoms with Gasteiger partial charge in [-0.15, -0.1) is 0 Å². The lowest BCUT2D eigenvalue weighted by atomic mass is 9.51. The number of aromatic nitrogens is 2. The molecule has 0 aromatic carbocycles. The lowest BCUT2D eigenvalue weighted by Gasteiger charge is -2.54. The number of imidazole rings is 1. The highest BCUT2D eigenvalue weighted by Gasteiger charge is 2.50. The summed E-state index contributed by atoms with van der Waals surface area (Å²) in [5, 5.41) is 9.35. The smallest absolute Gasteiger partial charge is 0.356 e. The van der Waals surface area contributed by atoms with Gasteiger partial charge in [0.2, 0.25) is 0 Å². The Hall–Kier alpha value is -1.32. The van der Waals surface area contributed by atoms with Gasteiger partial charge in [-0.25, -0.2) is 9.78 Å². The van der Waals surface area contributed by atoms with Crippen LogP contribution < -0.4 is 0 Å². The molecule has 1 aromatic heterocycles. The van der Waals surface area contributed by atoms with Crippen molar-refractivity contribution >= 4 is 5.97 Å². The van der Waals surface area contributed by atoms with E-state index in [1.54, 1.807) is 0 Å². The molecule has 0 unspecified atom stereocenters. The molecule has 4 aliphatic carbocycles. The summed E-state index contributed by atoms with van der Waals surface area (Å²) in [7, 11) is 0. The highest BCUT2D eigenvalue weighted by Crippen LogP contribution is 2.59. The van der Waals surface area contributed by atoms with Crippen LogP contribution in [-0.2, 0) is 0 Å². The predicted octanol–water partition coefficient (Wildman–Crippen LogP) is 2.96. The average molecular weight is 260 g/mol. The lowest BCUT2D eigenvalue weighted by molar-refractivity contribution is -0.00444. The second kappa shape index (κ2) is 3.84. The number of carbonyl (C=O) groups is 1. The average Bonchev–Trinajstić information content (AvgIpc) is 2.70. The number of carboxylic acids is 1. The summed E-state index contributed by atoms with van der Waals surface area (Å²) in [6.07, 6.45) is 6.63. The van der Waals surface area contributed by atoms with Gasteiger partial charge in [0.25, 0.3) is 0 Å². The maximum Gasteiger partial charge on any atom is 0.356 e. The Balaban J connectivity index is 1.74. The third-order valence-corrected chi connectivity index (χ3v) is 5.61. The molecule has 4 heteroatoms. The first-order valence-corrected chi connectivity index (χ1v) is 7.41. The molecule has 1 heterocycles. The normalized spacial score (nSPS) is 39.7. The van der Waals surface area contributed by atoms with Gasteiger partial charge in [-0.05, 0) is 62.7 Å². The van der Waals surface area contributed by atoms with Crippen LogP contribution in [0, 0.1) is 30.6 Å². The lowest BCUT2D eigenvalue weighted by Crippen LogP contribution is -2.44.